The van der Waals surface area contributed by atoms with Crippen LogP contribution in [-0.2, 0) is 25.0 Å². The first-order valence-electron chi connectivity index (χ1n) is 13.2. The Hall–Kier alpha value is -2.60. The van der Waals surface area contributed by atoms with Crippen molar-refractivity contribution in [1.29, 1.82) is 0 Å². The molecule has 1 unspecified atom stereocenters. The standard InChI is InChI=1S/C14H16Cl3NO2.C13H13BrFN5O4S2/c1-4-14(3,12(19)7-15)18-13(20)9-5-10(16)8(2)11(17)6-9;1-8-12(14)10-5-4-9(15)6-11(10)20(8)25(21,22)13-16-7-19(17-13)26(23,24)18(2)3/h5-6H,4,7H2,1-3H3,(H,18,20);4-7H,1-3H3. The molecule has 0 bridgehead atoms. The molecule has 0 saturated heterocycles. The maximum absolute atomic E-state index is 13.7. The van der Waals surface area contributed by atoms with Gasteiger partial charge in [0.2, 0.25) is 0 Å². The predicted molar refractivity (Wildman–Crippen MR) is 178 cm³/mol. The van der Waals surface area contributed by atoms with E-state index in [0.717, 1.165) is 20.7 Å². The summed E-state index contributed by atoms with van der Waals surface area (Å²) in [7, 11) is -5.84. The van der Waals surface area contributed by atoms with Crippen molar-refractivity contribution in [1.82, 2.24) is 27.8 Å². The van der Waals surface area contributed by atoms with Gasteiger partial charge in [0.25, 0.3) is 11.1 Å². The lowest BCUT2D eigenvalue weighted by Gasteiger charge is -2.27. The van der Waals surface area contributed by atoms with Crippen LogP contribution < -0.4 is 5.32 Å². The van der Waals surface area contributed by atoms with Gasteiger partial charge in [0.1, 0.15) is 12.1 Å². The van der Waals surface area contributed by atoms with Gasteiger partial charge in [-0.25, -0.2) is 13.3 Å². The zero-order valence-electron chi connectivity index (χ0n) is 25.3. The molecule has 0 aliphatic rings. The van der Waals surface area contributed by atoms with Crippen LogP contribution in [0.1, 0.15) is 41.9 Å². The number of benzene rings is 2. The number of carbonyl (C=O) groups excluding carboxylic acids is 2. The summed E-state index contributed by atoms with van der Waals surface area (Å²) in [5.74, 6) is -1.41. The highest BCUT2D eigenvalue weighted by Crippen LogP contribution is 2.33. The van der Waals surface area contributed by atoms with Gasteiger partial charge in [0.05, 0.1) is 16.9 Å². The SMILES string of the molecule is CCC(C)(NC(=O)c1cc(Cl)c(C)c(Cl)c1)C(=O)CCl.Cc1c(Br)c2ccc(F)cc2n1S(=O)(=O)c1ncn(S(=O)(=O)N(C)C)n1. The zero-order valence-corrected chi connectivity index (χ0v) is 30.8. The Morgan fingerprint density at radius 3 is 2.20 bits per heavy atom. The van der Waals surface area contributed by atoms with E-state index in [0.29, 0.717) is 41.5 Å². The summed E-state index contributed by atoms with van der Waals surface area (Å²) in [6.45, 7) is 6.74. The molecular weight excluding hydrogens is 774 g/mol. The maximum Gasteiger partial charge on any atom is 0.323 e. The molecule has 1 atom stereocenters. The smallest absolute Gasteiger partial charge is 0.323 e. The van der Waals surface area contributed by atoms with E-state index in [9.17, 15) is 30.8 Å². The molecule has 2 aromatic carbocycles. The molecule has 4 aromatic rings. The number of halogens is 5. The number of fused-ring (bicyclic) bond motifs is 1. The topological polar surface area (TPSA) is 153 Å². The van der Waals surface area contributed by atoms with Crippen LogP contribution in [-0.4, -0.2) is 76.5 Å². The highest BCUT2D eigenvalue weighted by atomic mass is 79.9. The fraction of sp³-hybridized carbons (Fsp3) is 0.333. The maximum atomic E-state index is 13.7. The fourth-order valence-corrected chi connectivity index (χ4v) is 7.49. The monoisotopic (exact) mass is 800 g/mol. The van der Waals surface area contributed by atoms with Crippen LogP contribution in [0.3, 0.4) is 0 Å². The quantitative estimate of drug-likeness (QED) is 0.223. The van der Waals surface area contributed by atoms with Crippen molar-refractivity contribution >= 4 is 93.6 Å². The molecular formula is C27H29BrCl3FN6O6S2. The number of hydrogen-bond acceptors (Lipinski definition) is 8. The van der Waals surface area contributed by atoms with E-state index in [1.165, 1.54) is 45.3 Å². The van der Waals surface area contributed by atoms with Crippen molar-refractivity contribution in [3.8, 4) is 0 Å². The summed E-state index contributed by atoms with van der Waals surface area (Å²) in [6, 6.07) is 6.77. The van der Waals surface area contributed by atoms with Gasteiger partial charge in [0.15, 0.2) is 5.78 Å². The molecule has 1 N–H and O–H groups in total. The average Bonchev–Trinajstić information content (AvgIpc) is 3.60. The number of amides is 1. The third-order valence-electron chi connectivity index (χ3n) is 7.03. The molecule has 0 fully saturated rings. The molecule has 19 heteroatoms. The van der Waals surface area contributed by atoms with Crippen molar-refractivity contribution in [2.75, 3.05) is 20.0 Å². The molecule has 0 radical (unpaired) electrons. The van der Waals surface area contributed by atoms with Crippen molar-refractivity contribution in [2.24, 2.45) is 0 Å². The molecule has 250 valence electrons. The molecule has 12 nitrogen and oxygen atoms in total. The number of aromatic nitrogens is 4. The molecule has 0 spiro atoms. The molecule has 4 rings (SSSR count). The van der Waals surface area contributed by atoms with Gasteiger partial charge in [-0.1, -0.05) is 30.1 Å². The van der Waals surface area contributed by atoms with Crippen molar-refractivity contribution in [3.63, 3.8) is 0 Å². The average molecular weight is 803 g/mol. The van der Waals surface area contributed by atoms with Crippen LogP contribution >= 0.6 is 50.7 Å². The highest BCUT2D eigenvalue weighted by molar-refractivity contribution is 9.10. The lowest BCUT2D eigenvalue weighted by Crippen LogP contribution is -2.52. The van der Waals surface area contributed by atoms with E-state index in [1.54, 1.807) is 20.8 Å². The van der Waals surface area contributed by atoms with Gasteiger partial charge in [-0.2, -0.15) is 21.1 Å². The van der Waals surface area contributed by atoms with Gasteiger partial charge in [-0.3, -0.25) is 9.59 Å². The Labute approximate surface area is 289 Å². The lowest BCUT2D eigenvalue weighted by molar-refractivity contribution is -0.122. The first kappa shape index (κ1) is 37.9. The van der Waals surface area contributed by atoms with Gasteiger partial charge in [0, 0.05) is 45.3 Å². The lowest BCUT2D eigenvalue weighted by atomic mass is 9.93. The number of Topliss-reactive ketones (excluding diaryl/α,β-unsaturated/α-hetero) is 1. The van der Waals surface area contributed by atoms with Gasteiger partial charge < -0.3 is 5.32 Å². The second-order valence-electron chi connectivity index (χ2n) is 10.3. The van der Waals surface area contributed by atoms with Crippen LogP contribution in [0, 0.1) is 19.7 Å². The molecule has 46 heavy (non-hydrogen) atoms. The van der Waals surface area contributed by atoms with Crippen molar-refractivity contribution < 1.29 is 30.8 Å². The molecule has 0 saturated carbocycles. The fourth-order valence-electron chi connectivity index (χ4n) is 3.95. The summed E-state index contributed by atoms with van der Waals surface area (Å²) < 4.78 is 66.4. The minimum absolute atomic E-state index is 0.0844. The molecule has 0 aliphatic heterocycles. The Balaban J connectivity index is 0.000000260. The number of nitrogens with zero attached hydrogens (tertiary/aromatic N) is 5. The minimum atomic E-state index is -4.36. The number of alkyl halides is 1. The molecule has 0 aliphatic carbocycles. The summed E-state index contributed by atoms with van der Waals surface area (Å²) >= 11 is 20.9. The zero-order chi connectivity index (χ0) is 34.9. The summed E-state index contributed by atoms with van der Waals surface area (Å²) in [5, 5.41) is 6.85. The van der Waals surface area contributed by atoms with Gasteiger partial charge >= 0.3 is 20.2 Å². The normalized spacial score (nSPS) is 13.3. The Morgan fingerprint density at radius 2 is 1.67 bits per heavy atom. The summed E-state index contributed by atoms with van der Waals surface area (Å²) in [6.07, 6.45) is 1.23. The third kappa shape index (κ3) is 7.42. The molecule has 2 aromatic heterocycles. The largest absolute Gasteiger partial charge is 0.340 e. The first-order valence-corrected chi connectivity index (χ1v) is 18.1. The van der Waals surface area contributed by atoms with E-state index < -0.39 is 42.7 Å². The van der Waals surface area contributed by atoms with Crippen LogP contribution in [0.15, 0.2) is 46.3 Å². The number of hydrogen-bond donors (Lipinski definition) is 1. The van der Waals surface area contributed by atoms with Crippen LogP contribution in [0.25, 0.3) is 10.9 Å². The molecule has 2 heterocycles. The van der Waals surface area contributed by atoms with E-state index in [-0.39, 0.29) is 22.9 Å². The van der Waals surface area contributed by atoms with Crippen LogP contribution in [0.5, 0.6) is 0 Å². The summed E-state index contributed by atoms with van der Waals surface area (Å²) in [4.78, 5) is 27.7. The van der Waals surface area contributed by atoms with E-state index in [1.807, 2.05) is 0 Å². The van der Waals surface area contributed by atoms with Gasteiger partial charge in [-0.05, 0) is 79.0 Å². The van der Waals surface area contributed by atoms with Gasteiger partial charge in [-0.15, -0.1) is 20.8 Å². The predicted octanol–water partition coefficient (Wildman–Crippen LogP) is 5.34. The Morgan fingerprint density at radius 1 is 1.09 bits per heavy atom. The van der Waals surface area contributed by atoms with Crippen LogP contribution in [0.4, 0.5) is 4.39 Å². The van der Waals surface area contributed by atoms with Crippen molar-refractivity contribution in [3.05, 3.63) is 73.8 Å². The number of carbonyl (C=O) groups is 2. The number of rotatable bonds is 9. The molecule has 1 amide bonds. The van der Waals surface area contributed by atoms with E-state index in [4.69, 9.17) is 34.8 Å². The summed E-state index contributed by atoms with van der Waals surface area (Å²) in [5.41, 5.74) is 0.383. The second kappa shape index (κ2) is 14.3. The highest BCUT2D eigenvalue weighted by Gasteiger charge is 2.33. The Bertz CT molecular complexity index is 2030. The van der Waals surface area contributed by atoms with E-state index in [2.05, 4.69) is 31.3 Å². The van der Waals surface area contributed by atoms with Crippen LogP contribution in [0.2, 0.25) is 10.0 Å². The third-order valence-corrected chi connectivity index (χ3v) is 12.2. The first-order chi connectivity index (χ1) is 21.2. The minimum Gasteiger partial charge on any atom is -0.340 e. The second-order valence-corrected chi connectivity index (χ2v) is 15.8. The number of ketones is 1. The Kier molecular flexibility index (Phi) is 11.7. The number of nitrogens with one attached hydrogen (secondary N) is 1. The van der Waals surface area contributed by atoms with E-state index >= 15 is 0 Å². The van der Waals surface area contributed by atoms with Crippen molar-refractivity contribution in [2.45, 2.75) is 44.8 Å².